The molecule has 7 nitrogen and oxygen atoms in total. The van der Waals surface area contributed by atoms with Crippen LogP contribution in [0.1, 0.15) is 21.9 Å². The van der Waals surface area contributed by atoms with Gasteiger partial charge in [-0.2, -0.15) is 0 Å². The minimum absolute atomic E-state index is 0.106. The third kappa shape index (κ3) is 3.05. The topological polar surface area (TPSA) is 88.6 Å². The molecule has 0 spiro atoms. The number of aryl methyl sites for hydroxylation is 2. The average molecular weight is 277 g/mol. The Hall–Kier alpha value is -2.57. The van der Waals surface area contributed by atoms with Crippen molar-refractivity contribution in [2.75, 3.05) is 18.9 Å². The summed E-state index contributed by atoms with van der Waals surface area (Å²) in [5.41, 5.74) is 0.731. The standard InChI is InChI=1S/C13H15N3O4/c1-8-4-5-19-12(8)13(18)16(3)7-11(17)14-10-6-9(2)20-15-10/h4-6H,7H2,1-3H3,(H,14,15,17). The number of nitrogens with zero attached hydrogens (tertiary/aromatic N) is 2. The van der Waals surface area contributed by atoms with Gasteiger partial charge in [0.25, 0.3) is 5.91 Å². The lowest BCUT2D eigenvalue weighted by molar-refractivity contribution is -0.116. The number of anilines is 1. The molecule has 0 unspecified atom stereocenters. The van der Waals surface area contributed by atoms with Crippen LogP contribution in [-0.2, 0) is 4.79 Å². The molecular weight excluding hydrogens is 262 g/mol. The predicted molar refractivity (Wildman–Crippen MR) is 70.3 cm³/mol. The van der Waals surface area contributed by atoms with Gasteiger partial charge >= 0.3 is 0 Å². The number of likely N-dealkylation sites (N-methyl/N-ethyl adjacent to an activating group) is 1. The van der Waals surface area contributed by atoms with E-state index in [0.29, 0.717) is 11.6 Å². The molecule has 0 atom stereocenters. The van der Waals surface area contributed by atoms with Crippen molar-refractivity contribution < 1.29 is 18.5 Å². The summed E-state index contributed by atoms with van der Waals surface area (Å²) in [6.45, 7) is 3.38. The maximum atomic E-state index is 12.0. The second-order valence-corrected chi connectivity index (χ2v) is 4.46. The van der Waals surface area contributed by atoms with Gasteiger partial charge in [-0.1, -0.05) is 5.16 Å². The maximum Gasteiger partial charge on any atom is 0.290 e. The Morgan fingerprint density at radius 1 is 1.40 bits per heavy atom. The van der Waals surface area contributed by atoms with Gasteiger partial charge in [0, 0.05) is 18.7 Å². The summed E-state index contributed by atoms with van der Waals surface area (Å²) in [5, 5.41) is 6.18. The molecule has 0 bridgehead atoms. The highest BCUT2D eigenvalue weighted by Gasteiger charge is 2.19. The highest BCUT2D eigenvalue weighted by molar-refractivity contribution is 5.98. The highest BCUT2D eigenvalue weighted by Crippen LogP contribution is 2.11. The largest absolute Gasteiger partial charge is 0.459 e. The maximum absolute atomic E-state index is 12.0. The van der Waals surface area contributed by atoms with Crippen LogP contribution in [0.3, 0.4) is 0 Å². The molecule has 0 saturated heterocycles. The van der Waals surface area contributed by atoms with E-state index < -0.39 is 0 Å². The van der Waals surface area contributed by atoms with Gasteiger partial charge in [0.05, 0.1) is 6.26 Å². The number of amides is 2. The molecule has 0 aliphatic rings. The second kappa shape index (κ2) is 5.60. The number of hydrogen-bond acceptors (Lipinski definition) is 5. The van der Waals surface area contributed by atoms with Crippen LogP contribution >= 0.6 is 0 Å². The molecule has 2 rings (SSSR count). The fraction of sp³-hybridized carbons (Fsp3) is 0.308. The molecule has 20 heavy (non-hydrogen) atoms. The van der Waals surface area contributed by atoms with Crippen LogP contribution in [0.5, 0.6) is 0 Å². The van der Waals surface area contributed by atoms with Crippen molar-refractivity contribution in [3.05, 3.63) is 35.5 Å². The third-order valence-electron chi connectivity index (χ3n) is 2.68. The minimum atomic E-state index is -0.363. The molecule has 0 aromatic carbocycles. The van der Waals surface area contributed by atoms with E-state index in [1.54, 1.807) is 26.0 Å². The zero-order valence-electron chi connectivity index (χ0n) is 11.5. The zero-order chi connectivity index (χ0) is 14.7. The molecule has 0 aliphatic carbocycles. The minimum Gasteiger partial charge on any atom is -0.459 e. The Morgan fingerprint density at radius 2 is 2.15 bits per heavy atom. The number of aromatic nitrogens is 1. The van der Waals surface area contributed by atoms with Crippen LogP contribution < -0.4 is 5.32 Å². The van der Waals surface area contributed by atoms with Crippen LogP contribution in [0.25, 0.3) is 0 Å². The van der Waals surface area contributed by atoms with E-state index >= 15 is 0 Å². The molecular formula is C13H15N3O4. The van der Waals surface area contributed by atoms with Crippen LogP contribution in [0.2, 0.25) is 0 Å². The fourth-order valence-corrected chi connectivity index (χ4v) is 1.66. The second-order valence-electron chi connectivity index (χ2n) is 4.46. The summed E-state index contributed by atoms with van der Waals surface area (Å²) >= 11 is 0. The lowest BCUT2D eigenvalue weighted by atomic mass is 10.2. The van der Waals surface area contributed by atoms with Crippen molar-refractivity contribution in [3.8, 4) is 0 Å². The Labute approximate surface area is 115 Å². The molecule has 2 aromatic heterocycles. The first-order valence-corrected chi connectivity index (χ1v) is 6.00. The van der Waals surface area contributed by atoms with Crippen LogP contribution in [0, 0.1) is 13.8 Å². The van der Waals surface area contributed by atoms with Crippen molar-refractivity contribution in [3.63, 3.8) is 0 Å². The zero-order valence-corrected chi connectivity index (χ0v) is 11.5. The third-order valence-corrected chi connectivity index (χ3v) is 2.68. The highest BCUT2D eigenvalue weighted by atomic mass is 16.5. The number of nitrogens with one attached hydrogen (secondary N) is 1. The molecule has 2 heterocycles. The number of carbonyl (C=O) groups excluding carboxylic acids is 2. The van der Waals surface area contributed by atoms with Gasteiger partial charge in [0.15, 0.2) is 11.6 Å². The summed E-state index contributed by atoms with van der Waals surface area (Å²) in [7, 11) is 1.53. The van der Waals surface area contributed by atoms with Crippen molar-refractivity contribution in [2.45, 2.75) is 13.8 Å². The van der Waals surface area contributed by atoms with E-state index in [1.807, 2.05) is 0 Å². The predicted octanol–water partition coefficient (Wildman–Crippen LogP) is 1.60. The quantitative estimate of drug-likeness (QED) is 0.916. The van der Waals surface area contributed by atoms with Crippen LogP contribution in [-0.4, -0.2) is 35.5 Å². The van der Waals surface area contributed by atoms with Gasteiger partial charge < -0.3 is 19.2 Å². The average Bonchev–Trinajstić information content (AvgIpc) is 2.97. The first-order valence-electron chi connectivity index (χ1n) is 6.00. The first kappa shape index (κ1) is 13.9. The number of furan rings is 1. The monoisotopic (exact) mass is 277 g/mol. The Kier molecular flexibility index (Phi) is 3.88. The summed E-state index contributed by atoms with van der Waals surface area (Å²) in [4.78, 5) is 25.1. The van der Waals surface area contributed by atoms with E-state index in [4.69, 9.17) is 8.94 Å². The summed E-state index contributed by atoms with van der Waals surface area (Å²) in [5.74, 6) is 0.438. The molecule has 106 valence electrons. The summed E-state index contributed by atoms with van der Waals surface area (Å²) < 4.78 is 9.93. The van der Waals surface area contributed by atoms with Gasteiger partial charge in [-0.15, -0.1) is 0 Å². The van der Waals surface area contributed by atoms with E-state index in [1.165, 1.54) is 18.2 Å². The van der Waals surface area contributed by atoms with Crippen molar-refractivity contribution in [1.82, 2.24) is 10.1 Å². The van der Waals surface area contributed by atoms with Gasteiger partial charge in [-0.3, -0.25) is 9.59 Å². The number of rotatable bonds is 4. The smallest absolute Gasteiger partial charge is 0.290 e. The van der Waals surface area contributed by atoms with E-state index in [0.717, 1.165) is 5.56 Å². The van der Waals surface area contributed by atoms with Gasteiger partial charge in [0.2, 0.25) is 5.91 Å². The molecule has 0 aliphatic heterocycles. The van der Waals surface area contributed by atoms with E-state index in [-0.39, 0.29) is 24.1 Å². The van der Waals surface area contributed by atoms with E-state index in [9.17, 15) is 9.59 Å². The van der Waals surface area contributed by atoms with Gasteiger partial charge in [-0.25, -0.2) is 0 Å². The number of carbonyl (C=O) groups is 2. The Balaban J connectivity index is 1.94. The molecule has 7 heteroatoms. The van der Waals surface area contributed by atoms with Gasteiger partial charge in [0.1, 0.15) is 12.3 Å². The Bertz CT molecular complexity index is 629. The lowest BCUT2D eigenvalue weighted by Gasteiger charge is -2.15. The van der Waals surface area contributed by atoms with E-state index in [2.05, 4.69) is 10.5 Å². The van der Waals surface area contributed by atoms with Crippen LogP contribution in [0.4, 0.5) is 5.82 Å². The Morgan fingerprint density at radius 3 is 2.70 bits per heavy atom. The molecule has 0 radical (unpaired) electrons. The van der Waals surface area contributed by atoms with Crippen molar-refractivity contribution in [1.29, 1.82) is 0 Å². The molecule has 1 N–H and O–H groups in total. The van der Waals surface area contributed by atoms with Crippen molar-refractivity contribution in [2.24, 2.45) is 0 Å². The molecule has 2 amide bonds. The van der Waals surface area contributed by atoms with Gasteiger partial charge in [-0.05, 0) is 19.9 Å². The number of hydrogen-bond donors (Lipinski definition) is 1. The first-order chi connectivity index (χ1) is 9.47. The summed E-state index contributed by atoms with van der Waals surface area (Å²) in [6.07, 6.45) is 1.44. The molecule has 2 aromatic rings. The SMILES string of the molecule is Cc1cc(NC(=O)CN(C)C(=O)c2occc2C)no1. The van der Waals surface area contributed by atoms with Crippen molar-refractivity contribution >= 4 is 17.6 Å². The molecule has 0 fully saturated rings. The normalized spacial score (nSPS) is 10.3. The lowest BCUT2D eigenvalue weighted by Crippen LogP contribution is -2.35. The summed E-state index contributed by atoms with van der Waals surface area (Å²) in [6, 6.07) is 3.29. The molecule has 0 saturated carbocycles. The fourth-order valence-electron chi connectivity index (χ4n) is 1.66. The van der Waals surface area contributed by atoms with Crippen LogP contribution in [0.15, 0.2) is 27.3 Å².